The lowest BCUT2D eigenvalue weighted by Crippen LogP contribution is -2.43. The Bertz CT molecular complexity index is 250. The van der Waals surface area contributed by atoms with Gasteiger partial charge in [-0.3, -0.25) is 0 Å². The van der Waals surface area contributed by atoms with Crippen LogP contribution in [-0.2, 0) is 0 Å². The van der Waals surface area contributed by atoms with Crippen molar-refractivity contribution in [1.29, 1.82) is 0 Å². The third kappa shape index (κ3) is 2.96. The Morgan fingerprint density at radius 3 is 1.86 bits per heavy atom. The minimum Gasteiger partial charge on any atom is -0.0969 e. The number of azide groups is 2. The summed E-state index contributed by atoms with van der Waals surface area (Å²) in [7, 11) is -1.57. The second-order valence-electron chi connectivity index (χ2n) is 3.84. The maximum atomic E-state index is 8.31. The number of hydrogen-bond donors (Lipinski definition) is 0. The molecule has 0 aromatic rings. The van der Waals surface area contributed by atoms with E-state index in [0.717, 1.165) is 12.1 Å². The van der Waals surface area contributed by atoms with Crippen LogP contribution in [0.25, 0.3) is 20.9 Å². The molecule has 76 valence electrons. The van der Waals surface area contributed by atoms with Gasteiger partial charge in [-0.15, -0.1) is 0 Å². The third-order valence-electron chi connectivity index (χ3n) is 2.85. The molecular weight excluding hydrogens is 196 g/mol. The van der Waals surface area contributed by atoms with E-state index in [-0.39, 0.29) is 0 Å². The highest BCUT2D eigenvalue weighted by molar-refractivity contribution is 6.80. The molecule has 1 aliphatic rings. The quantitative estimate of drug-likeness (QED) is 0.294. The van der Waals surface area contributed by atoms with Crippen LogP contribution in [-0.4, -0.2) is 20.4 Å². The monoisotopic (exact) mass is 210 g/mol. The van der Waals surface area contributed by atoms with Crippen LogP contribution in [0.4, 0.5) is 0 Å². The van der Waals surface area contributed by atoms with E-state index in [4.69, 9.17) is 11.1 Å². The zero-order valence-corrected chi connectivity index (χ0v) is 9.13. The SMILES string of the molecule is [N-]=[N+]=NC[Si]1(CN=[N+]=[N-])CCCCC1. The summed E-state index contributed by atoms with van der Waals surface area (Å²) in [4.78, 5) is 5.62. The van der Waals surface area contributed by atoms with E-state index in [0.29, 0.717) is 12.3 Å². The third-order valence-corrected chi connectivity index (χ3v) is 7.31. The number of nitrogens with zero attached hydrogens (tertiary/aromatic N) is 6. The van der Waals surface area contributed by atoms with Crippen molar-refractivity contribution in [2.45, 2.75) is 31.4 Å². The maximum Gasteiger partial charge on any atom is 0.0670 e. The van der Waals surface area contributed by atoms with Crippen LogP contribution in [0.5, 0.6) is 0 Å². The first kappa shape index (κ1) is 10.9. The largest absolute Gasteiger partial charge is 0.0969 e. The lowest BCUT2D eigenvalue weighted by atomic mass is 10.3. The highest BCUT2D eigenvalue weighted by atomic mass is 28.3. The van der Waals surface area contributed by atoms with Crippen LogP contribution in [0.3, 0.4) is 0 Å². The molecule has 0 spiro atoms. The second kappa shape index (κ2) is 5.54. The average molecular weight is 210 g/mol. The zero-order valence-electron chi connectivity index (χ0n) is 8.13. The van der Waals surface area contributed by atoms with Crippen molar-refractivity contribution in [2.75, 3.05) is 12.3 Å². The van der Waals surface area contributed by atoms with Crippen LogP contribution < -0.4 is 0 Å². The molecule has 0 aliphatic carbocycles. The van der Waals surface area contributed by atoms with E-state index >= 15 is 0 Å². The van der Waals surface area contributed by atoms with Crippen molar-refractivity contribution in [2.24, 2.45) is 10.2 Å². The maximum absolute atomic E-state index is 8.31. The summed E-state index contributed by atoms with van der Waals surface area (Å²) < 4.78 is 0. The summed E-state index contributed by atoms with van der Waals surface area (Å²) in [6.07, 6.45) is 4.87. The Labute approximate surface area is 83.6 Å². The number of rotatable bonds is 4. The van der Waals surface area contributed by atoms with Crippen molar-refractivity contribution >= 4 is 8.07 Å². The fraction of sp³-hybridized carbons (Fsp3) is 1.00. The van der Waals surface area contributed by atoms with Crippen LogP contribution in [0.1, 0.15) is 19.3 Å². The van der Waals surface area contributed by atoms with Crippen LogP contribution in [0, 0.1) is 0 Å². The molecule has 0 N–H and O–H groups in total. The van der Waals surface area contributed by atoms with Gasteiger partial charge in [0.05, 0.1) is 8.07 Å². The molecule has 0 unspecified atom stereocenters. The van der Waals surface area contributed by atoms with E-state index in [1.165, 1.54) is 19.3 Å². The highest BCUT2D eigenvalue weighted by Crippen LogP contribution is 2.29. The van der Waals surface area contributed by atoms with Crippen LogP contribution in [0.2, 0.25) is 12.1 Å². The molecule has 14 heavy (non-hydrogen) atoms. The van der Waals surface area contributed by atoms with Crippen LogP contribution >= 0.6 is 0 Å². The topological polar surface area (TPSA) is 97.5 Å². The van der Waals surface area contributed by atoms with Crippen molar-refractivity contribution in [3.8, 4) is 0 Å². The molecule has 1 rings (SSSR count). The van der Waals surface area contributed by atoms with Gasteiger partial charge in [-0.25, -0.2) is 0 Å². The molecule has 0 saturated carbocycles. The second-order valence-corrected chi connectivity index (χ2v) is 8.47. The first-order valence-electron chi connectivity index (χ1n) is 4.85. The molecule has 0 amide bonds. The highest BCUT2D eigenvalue weighted by Gasteiger charge is 2.32. The van der Waals surface area contributed by atoms with Gasteiger partial charge in [-0.1, -0.05) is 41.6 Å². The molecular formula is C7H14N6Si. The smallest absolute Gasteiger partial charge is 0.0670 e. The minimum absolute atomic E-state index is 0.600. The van der Waals surface area contributed by atoms with Crippen LogP contribution in [0.15, 0.2) is 10.2 Å². The van der Waals surface area contributed by atoms with Gasteiger partial charge in [0.1, 0.15) is 0 Å². The first-order chi connectivity index (χ1) is 6.83. The predicted octanol–water partition coefficient (Wildman–Crippen LogP) is 3.32. The Balaban J connectivity index is 2.65. The van der Waals surface area contributed by atoms with Crippen molar-refractivity contribution in [3.63, 3.8) is 0 Å². The van der Waals surface area contributed by atoms with Gasteiger partial charge >= 0.3 is 0 Å². The summed E-state index contributed by atoms with van der Waals surface area (Å²) in [5.74, 6) is 0. The van der Waals surface area contributed by atoms with Crippen molar-refractivity contribution in [1.82, 2.24) is 0 Å². The summed E-state index contributed by atoms with van der Waals surface area (Å²) >= 11 is 0. The molecule has 0 radical (unpaired) electrons. The molecule has 1 heterocycles. The molecule has 7 heteroatoms. The van der Waals surface area contributed by atoms with Gasteiger partial charge in [-0.05, 0) is 11.1 Å². The Morgan fingerprint density at radius 1 is 0.929 bits per heavy atom. The molecule has 1 fully saturated rings. The van der Waals surface area contributed by atoms with Gasteiger partial charge in [0, 0.05) is 22.2 Å². The van der Waals surface area contributed by atoms with Gasteiger partial charge in [-0.2, -0.15) is 0 Å². The first-order valence-corrected chi connectivity index (χ1v) is 7.68. The van der Waals surface area contributed by atoms with E-state index in [1.54, 1.807) is 0 Å². The molecule has 0 bridgehead atoms. The Kier molecular flexibility index (Phi) is 4.32. The lowest BCUT2D eigenvalue weighted by Gasteiger charge is -2.32. The van der Waals surface area contributed by atoms with Crippen molar-refractivity contribution < 1.29 is 0 Å². The summed E-state index contributed by atoms with van der Waals surface area (Å²) in [6, 6.07) is 2.29. The molecule has 0 atom stereocenters. The van der Waals surface area contributed by atoms with E-state index in [1.807, 2.05) is 0 Å². The normalized spacial score (nSPS) is 19.1. The fourth-order valence-corrected chi connectivity index (χ4v) is 5.74. The Morgan fingerprint density at radius 2 is 1.43 bits per heavy atom. The molecule has 1 aliphatic heterocycles. The summed E-state index contributed by atoms with van der Waals surface area (Å²) in [5, 5.41) is 7.36. The average Bonchev–Trinajstić information content (AvgIpc) is 2.25. The lowest BCUT2D eigenvalue weighted by molar-refractivity contribution is 0.701. The number of hydrogen-bond acceptors (Lipinski definition) is 2. The van der Waals surface area contributed by atoms with Gasteiger partial charge < -0.3 is 0 Å². The van der Waals surface area contributed by atoms with Gasteiger partial charge in [0.2, 0.25) is 0 Å². The summed E-state index contributed by atoms with van der Waals surface area (Å²) in [6.45, 7) is 0. The molecule has 1 saturated heterocycles. The standard InChI is InChI=1S/C7H14N6Si/c8-12-10-6-14(7-11-13-9)4-2-1-3-5-14/h1-7H2. The van der Waals surface area contributed by atoms with Gasteiger partial charge in [0.25, 0.3) is 0 Å². The molecule has 0 aromatic carbocycles. The van der Waals surface area contributed by atoms with Crippen molar-refractivity contribution in [3.05, 3.63) is 20.9 Å². The van der Waals surface area contributed by atoms with E-state index in [9.17, 15) is 0 Å². The van der Waals surface area contributed by atoms with E-state index in [2.05, 4.69) is 20.1 Å². The molecule has 6 nitrogen and oxygen atoms in total. The molecule has 0 aromatic heterocycles. The van der Waals surface area contributed by atoms with Gasteiger partial charge in [0.15, 0.2) is 0 Å². The Hall–Kier alpha value is -1.16. The van der Waals surface area contributed by atoms with E-state index < -0.39 is 8.07 Å². The minimum atomic E-state index is -1.57. The zero-order chi connectivity index (χ0) is 10.3. The summed E-state index contributed by atoms with van der Waals surface area (Å²) in [5.41, 5.74) is 16.6. The fourth-order valence-electron chi connectivity index (χ4n) is 2.03. The predicted molar refractivity (Wildman–Crippen MR) is 57.2 cm³/mol.